The molecule has 0 atom stereocenters. The van der Waals surface area contributed by atoms with Gasteiger partial charge in [0.25, 0.3) is 0 Å². The minimum atomic E-state index is -0.112. The Kier molecular flexibility index (Phi) is 3.26. The maximum absolute atomic E-state index is 11.3. The Morgan fingerprint density at radius 3 is 2.79 bits per heavy atom. The summed E-state index contributed by atoms with van der Waals surface area (Å²) < 4.78 is 0. The van der Waals surface area contributed by atoms with Gasteiger partial charge in [-0.15, -0.1) is 0 Å². The van der Waals surface area contributed by atoms with Crippen molar-refractivity contribution in [2.24, 2.45) is 0 Å². The number of phenolic OH excluding ortho intramolecular Hbond substituents is 1. The molecule has 0 radical (unpaired) electrons. The van der Waals surface area contributed by atoms with Crippen LogP contribution in [0.3, 0.4) is 0 Å². The molecular weight excluding hydrogens is 246 g/mol. The van der Waals surface area contributed by atoms with E-state index in [9.17, 15) is 9.90 Å². The van der Waals surface area contributed by atoms with Crippen molar-refractivity contribution in [2.75, 3.05) is 5.33 Å². The molecule has 1 aromatic rings. The maximum Gasteiger partial charge on any atom is 0.173 e. The van der Waals surface area contributed by atoms with Crippen LogP contribution in [0.5, 0.6) is 5.75 Å². The van der Waals surface area contributed by atoms with Crippen LogP contribution in [0.25, 0.3) is 0 Å². The average Bonchev–Trinajstić information content (AvgIpc) is 2.21. The predicted molar refractivity (Wildman–Crippen MR) is 55.7 cm³/mol. The molecule has 1 aromatic carbocycles. The van der Waals surface area contributed by atoms with Gasteiger partial charge in [0, 0.05) is 11.1 Å². The first-order chi connectivity index (χ1) is 6.61. The number of phenols is 1. The van der Waals surface area contributed by atoms with Gasteiger partial charge in [0.2, 0.25) is 0 Å². The lowest BCUT2D eigenvalue weighted by Crippen LogP contribution is -2.03. The number of carbonyl (C=O) groups is 1. The Hall–Kier alpha value is -1.34. The number of carbonyl (C=O) groups excluding carboxylic acids is 1. The molecular formula is C10H8BrNO2. The zero-order valence-corrected chi connectivity index (χ0v) is 9.13. The van der Waals surface area contributed by atoms with E-state index in [0.717, 1.165) is 0 Å². The van der Waals surface area contributed by atoms with Crippen molar-refractivity contribution in [2.45, 2.75) is 6.92 Å². The van der Waals surface area contributed by atoms with Gasteiger partial charge in [-0.05, 0) is 19.1 Å². The van der Waals surface area contributed by atoms with Gasteiger partial charge in [0.05, 0.1) is 10.9 Å². The molecule has 0 spiro atoms. The van der Waals surface area contributed by atoms with Crippen LogP contribution in [0.1, 0.15) is 21.5 Å². The molecule has 0 aromatic heterocycles. The quantitative estimate of drug-likeness (QED) is 0.649. The Morgan fingerprint density at radius 2 is 2.29 bits per heavy atom. The first-order valence-electron chi connectivity index (χ1n) is 3.93. The van der Waals surface area contributed by atoms with Gasteiger partial charge < -0.3 is 5.11 Å². The SMILES string of the molecule is Cc1c(C(=O)CBr)ccc(C#N)c1O. The topological polar surface area (TPSA) is 61.1 Å². The number of ketones is 1. The lowest BCUT2D eigenvalue weighted by atomic mass is 10.0. The molecule has 0 saturated carbocycles. The van der Waals surface area contributed by atoms with Gasteiger partial charge in [0.15, 0.2) is 5.78 Å². The zero-order chi connectivity index (χ0) is 10.7. The van der Waals surface area contributed by atoms with Gasteiger partial charge >= 0.3 is 0 Å². The highest BCUT2D eigenvalue weighted by molar-refractivity contribution is 9.09. The van der Waals surface area contributed by atoms with Gasteiger partial charge in [-0.1, -0.05) is 15.9 Å². The number of benzene rings is 1. The van der Waals surface area contributed by atoms with E-state index in [1.54, 1.807) is 13.0 Å². The summed E-state index contributed by atoms with van der Waals surface area (Å²) in [5.41, 5.74) is 1.08. The average molecular weight is 254 g/mol. The van der Waals surface area contributed by atoms with Crippen molar-refractivity contribution >= 4 is 21.7 Å². The number of hydrogen-bond donors (Lipinski definition) is 1. The smallest absolute Gasteiger partial charge is 0.173 e. The van der Waals surface area contributed by atoms with Crippen molar-refractivity contribution < 1.29 is 9.90 Å². The highest BCUT2D eigenvalue weighted by Gasteiger charge is 2.13. The standard InChI is InChI=1S/C10H8BrNO2/c1-6-8(9(13)4-11)3-2-7(5-12)10(6)14/h2-3,14H,4H2,1H3. The molecule has 0 unspecified atom stereocenters. The van der Waals surface area contributed by atoms with Crippen LogP contribution in [-0.2, 0) is 0 Å². The molecule has 72 valence electrons. The Bertz CT molecular complexity index is 421. The van der Waals surface area contributed by atoms with Crippen molar-refractivity contribution in [3.63, 3.8) is 0 Å². The van der Waals surface area contributed by atoms with E-state index >= 15 is 0 Å². The second-order valence-electron chi connectivity index (χ2n) is 2.80. The highest BCUT2D eigenvalue weighted by atomic mass is 79.9. The molecule has 1 N–H and O–H groups in total. The minimum Gasteiger partial charge on any atom is -0.506 e. The number of nitrogens with zero attached hydrogens (tertiary/aromatic N) is 1. The largest absolute Gasteiger partial charge is 0.506 e. The van der Waals surface area contributed by atoms with Crippen molar-refractivity contribution in [3.05, 3.63) is 28.8 Å². The molecule has 0 fully saturated rings. The Balaban J connectivity index is 3.33. The number of nitriles is 1. The van der Waals surface area contributed by atoms with E-state index in [4.69, 9.17) is 5.26 Å². The fraction of sp³-hybridized carbons (Fsp3) is 0.200. The first kappa shape index (κ1) is 10.7. The van der Waals surface area contributed by atoms with Crippen molar-refractivity contribution in [1.29, 1.82) is 5.26 Å². The summed E-state index contributed by atoms with van der Waals surface area (Å²) in [5.74, 6) is -0.221. The summed E-state index contributed by atoms with van der Waals surface area (Å²) in [6, 6.07) is 4.84. The van der Waals surface area contributed by atoms with Crippen LogP contribution in [0, 0.1) is 18.3 Å². The third-order valence-electron chi connectivity index (χ3n) is 1.97. The van der Waals surface area contributed by atoms with Crippen LogP contribution in [0.2, 0.25) is 0 Å². The molecule has 0 aliphatic carbocycles. The summed E-state index contributed by atoms with van der Waals surface area (Å²) in [6.45, 7) is 1.62. The van der Waals surface area contributed by atoms with Crippen LogP contribution in [0.4, 0.5) is 0 Å². The Labute approximate surface area is 90.1 Å². The lowest BCUT2D eigenvalue weighted by Gasteiger charge is -2.05. The molecule has 14 heavy (non-hydrogen) atoms. The van der Waals surface area contributed by atoms with E-state index in [1.807, 2.05) is 6.07 Å². The molecule has 0 aliphatic heterocycles. The van der Waals surface area contributed by atoms with Crippen molar-refractivity contribution in [3.8, 4) is 11.8 Å². The second-order valence-corrected chi connectivity index (χ2v) is 3.36. The summed E-state index contributed by atoms with van der Waals surface area (Å²) in [5, 5.41) is 18.4. The predicted octanol–water partition coefficient (Wildman–Crippen LogP) is 2.15. The highest BCUT2D eigenvalue weighted by Crippen LogP contribution is 2.25. The lowest BCUT2D eigenvalue weighted by molar-refractivity contribution is 0.102. The molecule has 3 nitrogen and oxygen atoms in total. The third-order valence-corrected chi connectivity index (χ3v) is 2.48. The number of Topliss-reactive ketones (excluding diaryl/α,β-unsaturated/α-hetero) is 1. The third kappa shape index (κ3) is 1.78. The molecule has 0 aliphatic rings. The fourth-order valence-corrected chi connectivity index (χ4v) is 1.47. The van der Waals surface area contributed by atoms with Crippen LogP contribution in [-0.4, -0.2) is 16.2 Å². The number of aromatic hydroxyl groups is 1. The summed E-state index contributed by atoms with van der Waals surface area (Å²) in [6.07, 6.45) is 0. The van der Waals surface area contributed by atoms with E-state index in [1.165, 1.54) is 6.07 Å². The van der Waals surface area contributed by atoms with Crippen LogP contribution < -0.4 is 0 Å². The monoisotopic (exact) mass is 253 g/mol. The fourth-order valence-electron chi connectivity index (χ4n) is 1.16. The maximum atomic E-state index is 11.3. The van der Waals surface area contributed by atoms with Gasteiger partial charge in [0.1, 0.15) is 11.8 Å². The van der Waals surface area contributed by atoms with E-state index < -0.39 is 0 Å². The van der Waals surface area contributed by atoms with Gasteiger partial charge in [-0.25, -0.2) is 0 Å². The zero-order valence-electron chi connectivity index (χ0n) is 7.54. The normalized spacial score (nSPS) is 9.50. The molecule has 0 bridgehead atoms. The summed E-state index contributed by atoms with van der Waals surface area (Å²) in [7, 11) is 0. The number of alkyl halides is 1. The first-order valence-corrected chi connectivity index (χ1v) is 5.05. The summed E-state index contributed by atoms with van der Waals surface area (Å²) in [4.78, 5) is 11.3. The number of halogens is 1. The van der Waals surface area contributed by atoms with Crippen LogP contribution >= 0.6 is 15.9 Å². The van der Waals surface area contributed by atoms with Crippen LogP contribution in [0.15, 0.2) is 12.1 Å². The Morgan fingerprint density at radius 1 is 1.64 bits per heavy atom. The van der Waals surface area contributed by atoms with E-state index in [-0.39, 0.29) is 22.4 Å². The number of rotatable bonds is 2. The summed E-state index contributed by atoms with van der Waals surface area (Å²) >= 11 is 3.05. The van der Waals surface area contributed by atoms with Gasteiger partial charge in [-0.2, -0.15) is 5.26 Å². The van der Waals surface area contributed by atoms with Crippen molar-refractivity contribution in [1.82, 2.24) is 0 Å². The van der Waals surface area contributed by atoms with Gasteiger partial charge in [-0.3, -0.25) is 4.79 Å². The molecule has 0 amide bonds. The molecule has 0 heterocycles. The van der Waals surface area contributed by atoms with E-state index in [0.29, 0.717) is 11.1 Å². The molecule has 1 rings (SSSR count). The molecule has 0 saturated heterocycles. The van der Waals surface area contributed by atoms with E-state index in [2.05, 4.69) is 15.9 Å². The second kappa shape index (κ2) is 4.25. The minimum absolute atomic E-state index is 0.109. The number of hydrogen-bond acceptors (Lipinski definition) is 3. The molecule has 4 heteroatoms.